The molecule has 4 heterocycles. The SMILES string of the molecule is COc1cc(C(=O)NC2CCN(C)CC2)ccc1NC1=NC2=C(C[N+]13CC3)N(C)C(=O)CCN2C1CCCC1.CS(=O)(=O)O. The van der Waals surface area contributed by atoms with Crippen molar-refractivity contribution in [1.82, 2.24) is 20.0 Å². The average molecular weight is 633 g/mol. The highest BCUT2D eigenvalue weighted by Crippen LogP contribution is 2.39. The van der Waals surface area contributed by atoms with Crippen molar-refractivity contribution < 1.29 is 31.8 Å². The molecule has 4 aliphatic heterocycles. The standard InChI is InChI=1S/C29H41N7O3.CH4O3S/c1-33-13-10-21(11-14-33)30-28(38)20-8-9-23(25(18-20)39-3)31-29-32-27-24(19-36(29)16-17-36)34(2)26(37)12-15-35(27)22-6-4-5-7-22;1-5(2,3)4/h8-9,18,21-22H,4-7,10-17,19H2,1-3H3,(H-,30,31,32,38);1H3,(H,2,3,4)/p+1. The number of likely N-dealkylation sites (N-methyl/N-ethyl adjacent to an activating group) is 1. The number of carbonyl (C=O) groups excluding carboxylic acids is 2. The van der Waals surface area contributed by atoms with Crippen molar-refractivity contribution in [3.05, 3.63) is 35.3 Å². The quantitative estimate of drug-likeness (QED) is 0.252. The van der Waals surface area contributed by atoms with Crippen LogP contribution >= 0.6 is 0 Å². The molecule has 0 unspecified atom stereocenters. The summed E-state index contributed by atoms with van der Waals surface area (Å²) >= 11 is 0. The number of hydrogen-bond donors (Lipinski definition) is 3. The maximum Gasteiger partial charge on any atom is 0.309 e. The normalized spacial score (nSPS) is 22.6. The fraction of sp³-hybridized carbons (Fsp3) is 0.633. The second-order valence-electron chi connectivity index (χ2n) is 12.6. The van der Waals surface area contributed by atoms with Gasteiger partial charge in [0.2, 0.25) is 5.91 Å². The van der Waals surface area contributed by atoms with Crippen LogP contribution in [0.25, 0.3) is 0 Å². The minimum absolute atomic E-state index is 0.0629. The van der Waals surface area contributed by atoms with E-state index in [1.807, 2.05) is 30.1 Å². The van der Waals surface area contributed by atoms with Crippen LogP contribution in [0.3, 0.4) is 0 Å². The fourth-order valence-corrected chi connectivity index (χ4v) is 6.52. The van der Waals surface area contributed by atoms with E-state index in [1.54, 1.807) is 7.11 Å². The minimum atomic E-state index is -3.67. The molecule has 0 radical (unpaired) electrons. The second-order valence-corrected chi connectivity index (χ2v) is 14.1. The molecule has 0 bridgehead atoms. The topological polar surface area (TPSA) is 144 Å². The zero-order chi connectivity index (χ0) is 31.6. The Morgan fingerprint density at radius 2 is 1.75 bits per heavy atom. The van der Waals surface area contributed by atoms with E-state index in [0.29, 0.717) is 41.1 Å². The summed E-state index contributed by atoms with van der Waals surface area (Å²) in [7, 11) is 1.99. The number of methoxy groups -OCH3 is 1. The lowest BCUT2D eigenvalue weighted by Crippen LogP contribution is -2.48. The number of anilines is 1. The van der Waals surface area contributed by atoms with Crippen LogP contribution in [-0.2, 0) is 14.9 Å². The van der Waals surface area contributed by atoms with Gasteiger partial charge in [-0.2, -0.15) is 13.4 Å². The van der Waals surface area contributed by atoms with Crippen LogP contribution in [0.5, 0.6) is 5.75 Å². The molecular weight excluding hydrogens is 586 g/mol. The second kappa shape index (κ2) is 13.0. The molecule has 2 amide bonds. The van der Waals surface area contributed by atoms with Crippen molar-refractivity contribution in [3.63, 3.8) is 0 Å². The highest BCUT2D eigenvalue weighted by atomic mass is 32.2. The van der Waals surface area contributed by atoms with E-state index < -0.39 is 10.1 Å². The van der Waals surface area contributed by atoms with E-state index in [1.165, 1.54) is 12.8 Å². The number of likely N-dealkylation sites (tertiary alicyclic amines) is 1. The first-order valence-corrected chi connectivity index (χ1v) is 17.3. The van der Waals surface area contributed by atoms with Crippen LogP contribution in [-0.4, -0.2) is 129 Å². The predicted octanol–water partition coefficient (Wildman–Crippen LogP) is 1.91. The third kappa shape index (κ3) is 7.53. The van der Waals surface area contributed by atoms with Gasteiger partial charge >= 0.3 is 5.96 Å². The third-order valence-electron chi connectivity index (χ3n) is 9.28. The van der Waals surface area contributed by atoms with Crippen LogP contribution in [0.2, 0.25) is 0 Å². The number of benzene rings is 1. The van der Waals surface area contributed by atoms with Gasteiger partial charge in [-0.3, -0.25) is 19.5 Å². The van der Waals surface area contributed by atoms with Crippen LogP contribution < -0.4 is 15.4 Å². The van der Waals surface area contributed by atoms with Crippen LogP contribution in [0.15, 0.2) is 34.7 Å². The Balaban J connectivity index is 0.000000712. The summed E-state index contributed by atoms with van der Waals surface area (Å²) in [4.78, 5) is 37.7. The molecule has 14 heteroatoms. The molecule has 0 atom stereocenters. The van der Waals surface area contributed by atoms with Crippen molar-refractivity contribution in [2.75, 3.05) is 72.0 Å². The molecule has 0 aromatic heterocycles. The Hall–Kier alpha value is -3.20. The van der Waals surface area contributed by atoms with E-state index in [4.69, 9.17) is 14.3 Å². The van der Waals surface area contributed by atoms with Crippen molar-refractivity contribution >= 4 is 33.6 Å². The smallest absolute Gasteiger partial charge is 0.309 e. The third-order valence-corrected chi connectivity index (χ3v) is 9.28. The molecule has 3 fully saturated rings. The molecule has 44 heavy (non-hydrogen) atoms. The first kappa shape index (κ1) is 32.2. The molecule has 1 aromatic rings. The first-order valence-electron chi connectivity index (χ1n) is 15.5. The van der Waals surface area contributed by atoms with Crippen LogP contribution in [0, 0.1) is 0 Å². The molecule has 1 spiro atoms. The zero-order valence-corrected chi connectivity index (χ0v) is 27.0. The van der Waals surface area contributed by atoms with E-state index in [9.17, 15) is 18.0 Å². The molecule has 1 aromatic carbocycles. The number of carbonyl (C=O) groups is 2. The monoisotopic (exact) mass is 632 g/mol. The van der Waals surface area contributed by atoms with Gasteiger partial charge in [-0.1, -0.05) is 12.8 Å². The molecule has 5 aliphatic rings. The van der Waals surface area contributed by atoms with E-state index in [-0.39, 0.29) is 17.9 Å². The molecular formula is C30H46N7O6S+. The lowest BCUT2D eigenvalue weighted by atomic mass is 10.0. The van der Waals surface area contributed by atoms with Crippen LogP contribution in [0.1, 0.15) is 55.3 Å². The highest BCUT2D eigenvalue weighted by Gasteiger charge is 2.54. The Labute approximate surface area is 260 Å². The Bertz CT molecular complexity index is 1420. The molecule has 1 saturated carbocycles. The summed E-state index contributed by atoms with van der Waals surface area (Å²) in [5.74, 6) is 2.56. The van der Waals surface area contributed by atoms with Crippen molar-refractivity contribution in [3.8, 4) is 5.75 Å². The maximum absolute atomic E-state index is 13.0. The summed E-state index contributed by atoms with van der Waals surface area (Å²) in [6, 6.07) is 6.24. The summed E-state index contributed by atoms with van der Waals surface area (Å²) in [6.07, 6.45) is 7.95. The Kier molecular flexibility index (Phi) is 9.54. The number of nitrogens with one attached hydrogen (secondary N) is 2. The van der Waals surface area contributed by atoms with Gasteiger partial charge < -0.3 is 24.8 Å². The molecule has 3 N–H and O–H groups in total. The number of ether oxygens (including phenoxy) is 1. The minimum Gasteiger partial charge on any atom is -0.495 e. The predicted molar refractivity (Wildman–Crippen MR) is 168 cm³/mol. The van der Waals surface area contributed by atoms with Gasteiger partial charge in [0.15, 0.2) is 5.82 Å². The van der Waals surface area contributed by atoms with Gasteiger partial charge in [0.05, 0.1) is 19.1 Å². The number of guanidine groups is 1. The number of aliphatic imine (C=N–C) groups is 1. The number of rotatable bonds is 5. The number of hydrogen-bond acceptors (Lipinski definition) is 9. The maximum atomic E-state index is 13.0. The molecule has 6 rings (SSSR count). The summed E-state index contributed by atoms with van der Waals surface area (Å²) in [5, 5.41) is 6.79. The Morgan fingerprint density at radius 1 is 1.09 bits per heavy atom. The number of nitrogens with zero attached hydrogens (tertiary/aromatic N) is 5. The summed E-state index contributed by atoms with van der Waals surface area (Å²) in [6.45, 7) is 5.43. The molecule has 13 nitrogen and oxygen atoms in total. The largest absolute Gasteiger partial charge is 0.495 e. The van der Waals surface area contributed by atoms with E-state index in [0.717, 1.165) is 81.6 Å². The van der Waals surface area contributed by atoms with Crippen molar-refractivity contribution in [2.45, 2.75) is 57.0 Å². The Morgan fingerprint density at radius 3 is 2.36 bits per heavy atom. The molecule has 2 saturated heterocycles. The summed E-state index contributed by atoms with van der Waals surface area (Å²) in [5.41, 5.74) is 2.44. The van der Waals surface area contributed by atoms with E-state index >= 15 is 0 Å². The number of piperidine rings is 1. The molecule has 242 valence electrons. The van der Waals surface area contributed by atoms with Gasteiger partial charge in [-0.05, 0) is 64.0 Å². The van der Waals surface area contributed by atoms with Gasteiger partial charge in [-0.25, -0.2) is 4.48 Å². The van der Waals surface area contributed by atoms with Crippen LogP contribution in [0.4, 0.5) is 5.69 Å². The first-order chi connectivity index (χ1) is 20.9. The average Bonchev–Trinajstić information content (AvgIpc) is 3.56. The lowest BCUT2D eigenvalue weighted by molar-refractivity contribution is -0.696. The lowest BCUT2D eigenvalue weighted by Gasteiger charge is -2.35. The highest BCUT2D eigenvalue weighted by molar-refractivity contribution is 7.85. The van der Waals surface area contributed by atoms with Crippen molar-refractivity contribution in [1.29, 1.82) is 0 Å². The van der Waals surface area contributed by atoms with Crippen molar-refractivity contribution in [2.24, 2.45) is 4.99 Å². The zero-order valence-electron chi connectivity index (χ0n) is 26.2. The van der Waals surface area contributed by atoms with Gasteiger partial charge in [0, 0.05) is 37.7 Å². The number of quaternary nitrogens is 1. The van der Waals surface area contributed by atoms with Gasteiger partial charge in [-0.15, -0.1) is 0 Å². The fourth-order valence-electron chi connectivity index (χ4n) is 6.52. The molecule has 1 aliphatic carbocycles. The van der Waals surface area contributed by atoms with E-state index in [2.05, 4.69) is 27.5 Å². The van der Waals surface area contributed by atoms with Gasteiger partial charge in [0.25, 0.3) is 16.0 Å². The summed E-state index contributed by atoms with van der Waals surface area (Å²) < 4.78 is 32.3. The number of amides is 2. The van der Waals surface area contributed by atoms with Gasteiger partial charge in [0.1, 0.15) is 31.1 Å².